The molecule has 1 aliphatic heterocycles. The number of ketones is 1. The van der Waals surface area contributed by atoms with E-state index in [0.717, 1.165) is 32.1 Å². The van der Waals surface area contributed by atoms with Crippen LogP contribution in [0.15, 0.2) is 0 Å². The van der Waals surface area contributed by atoms with Crippen molar-refractivity contribution in [3.8, 4) is 0 Å². The number of hydrogen-bond donors (Lipinski definition) is 0. The lowest BCUT2D eigenvalue weighted by Crippen LogP contribution is -2.40. The molecular formula is C14H25NO3S. The molecule has 0 spiro atoms. The molecule has 2 rings (SSSR count). The van der Waals surface area contributed by atoms with Crippen molar-refractivity contribution in [3.63, 3.8) is 0 Å². The molecule has 0 aromatic carbocycles. The normalized spacial score (nSPS) is 34.4. The summed E-state index contributed by atoms with van der Waals surface area (Å²) in [4.78, 5) is 12.0. The number of nitrogens with zero attached hydrogens (tertiary/aromatic N) is 1. The summed E-state index contributed by atoms with van der Waals surface area (Å²) in [6.07, 6.45) is 6.88. The number of hydrogen-bond acceptors (Lipinski definition) is 3. The topological polar surface area (TPSA) is 54.5 Å². The number of carbonyl (C=O) groups excluding carboxylic acids is 1. The van der Waals surface area contributed by atoms with Crippen molar-refractivity contribution in [3.05, 3.63) is 0 Å². The highest BCUT2D eigenvalue weighted by Crippen LogP contribution is 2.33. The molecule has 0 bridgehead atoms. The Morgan fingerprint density at radius 2 is 2.05 bits per heavy atom. The maximum Gasteiger partial charge on any atom is 0.211 e. The van der Waals surface area contributed by atoms with Crippen LogP contribution in [-0.4, -0.2) is 37.9 Å². The first-order valence-electron chi connectivity index (χ1n) is 7.34. The predicted octanol–water partition coefficient (Wildman–Crippen LogP) is 2.05. The van der Waals surface area contributed by atoms with Crippen LogP contribution in [0.4, 0.5) is 0 Å². The van der Waals surface area contributed by atoms with Crippen LogP contribution in [0.1, 0.15) is 45.4 Å². The first-order chi connectivity index (χ1) is 8.86. The molecule has 1 saturated heterocycles. The van der Waals surface area contributed by atoms with Gasteiger partial charge in [0.05, 0.1) is 6.26 Å². The highest BCUT2D eigenvalue weighted by atomic mass is 32.2. The molecule has 1 heterocycles. The molecule has 1 saturated carbocycles. The molecule has 0 radical (unpaired) electrons. The molecule has 3 atom stereocenters. The van der Waals surface area contributed by atoms with E-state index in [0.29, 0.717) is 37.1 Å². The van der Waals surface area contributed by atoms with Gasteiger partial charge in [0.25, 0.3) is 0 Å². The van der Waals surface area contributed by atoms with Crippen LogP contribution in [0.5, 0.6) is 0 Å². The number of carbonyl (C=O) groups is 1. The van der Waals surface area contributed by atoms with E-state index in [1.807, 2.05) is 0 Å². The molecule has 0 amide bonds. The third-order valence-electron chi connectivity index (χ3n) is 4.59. The van der Waals surface area contributed by atoms with Crippen molar-refractivity contribution in [2.45, 2.75) is 45.4 Å². The van der Waals surface area contributed by atoms with E-state index in [1.54, 1.807) is 4.31 Å². The van der Waals surface area contributed by atoms with Crippen LogP contribution in [-0.2, 0) is 14.8 Å². The maximum absolute atomic E-state index is 12.0. The summed E-state index contributed by atoms with van der Waals surface area (Å²) in [6, 6.07) is 0. The minimum Gasteiger partial charge on any atom is -0.299 e. The van der Waals surface area contributed by atoms with Gasteiger partial charge in [0.15, 0.2) is 0 Å². The quantitative estimate of drug-likeness (QED) is 0.798. The van der Waals surface area contributed by atoms with E-state index in [2.05, 4.69) is 6.92 Å². The maximum atomic E-state index is 12.0. The Kier molecular flexibility index (Phi) is 4.66. The number of rotatable bonds is 3. The molecule has 0 N–H and O–H groups in total. The van der Waals surface area contributed by atoms with Crippen LogP contribution in [0, 0.1) is 17.8 Å². The first-order valence-corrected chi connectivity index (χ1v) is 9.19. The average molecular weight is 287 g/mol. The molecule has 4 nitrogen and oxygen atoms in total. The molecular weight excluding hydrogens is 262 g/mol. The fourth-order valence-corrected chi connectivity index (χ4v) is 4.42. The summed E-state index contributed by atoms with van der Waals surface area (Å²) in [6.45, 7) is 3.46. The van der Waals surface area contributed by atoms with Crippen LogP contribution in [0.2, 0.25) is 0 Å². The Morgan fingerprint density at radius 1 is 1.32 bits per heavy atom. The van der Waals surface area contributed by atoms with Crippen molar-refractivity contribution >= 4 is 15.8 Å². The Labute approximate surface area is 116 Å². The number of sulfonamides is 1. The van der Waals surface area contributed by atoms with E-state index >= 15 is 0 Å². The smallest absolute Gasteiger partial charge is 0.211 e. The van der Waals surface area contributed by atoms with E-state index < -0.39 is 10.0 Å². The second-order valence-electron chi connectivity index (χ2n) is 6.41. The second-order valence-corrected chi connectivity index (χ2v) is 8.39. The highest BCUT2D eigenvalue weighted by Gasteiger charge is 2.32. The van der Waals surface area contributed by atoms with E-state index in [-0.39, 0.29) is 5.92 Å². The standard InChI is InChI=1S/C14H25NO3S/c1-11-5-6-14(16)13(8-11)9-12-4-3-7-15(10-12)19(2,17)18/h11-13H,3-10H2,1-2H3. The zero-order valence-corrected chi connectivity index (χ0v) is 12.8. The molecule has 2 fully saturated rings. The van der Waals surface area contributed by atoms with Gasteiger partial charge in [-0.25, -0.2) is 12.7 Å². The van der Waals surface area contributed by atoms with Gasteiger partial charge < -0.3 is 0 Å². The fourth-order valence-electron chi connectivity index (χ4n) is 3.48. The molecule has 5 heteroatoms. The minimum absolute atomic E-state index is 0.174. The van der Waals surface area contributed by atoms with Crippen LogP contribution < -0.4 is 0 Å². The van der Waals surface area contributed by atoms with Gasteiger partial charge in [0, 0.05) is 25.4 Å². The zero-order chi connectivity index (χ0) is 14.0. The molecule has 0 aromatic rings. The Morgan fingerprint density at radius 3 is 2.74 bits per heavy atom. The van der Waals surface area contributed by atoms with Crippen molar-refractivity contribution in [1.29, 1.82) is 0 Å². The van der Waals surface area contributed by atoms with Crippen LogP contribution in [0.3, 0.4) is 0 Å². The lowest BCUT2D eigenvalue weighted by molar-refractivity contribution is -0.126. The van der Waals surface area contributed by atoms with E-state index in [4.69, 9.17) is 0 Å². The summed E-state index contributed by atoms with van der Waals surface area (Å²) in [5.74, 6) is 1.57. The summed E-state index contributed by atoms with van der Waals surface area (Å²) in [5.41, 5.74) is 0. The zero-order valence-electron chi connectivity index (χ0n) is 12.0. The molecule has 1 aliphatic carbocycles. The van der Waals surface area contributed by atoms with Gasteiger partial charge in [-0.05, 0) is 43.9 Å². The van der Waals surface area contributed by atoms with E-state index in [1.165, 1.54) is 6.26 Å². The van der Waals surface area contributed by atoms with Crippen molar-refractivity contribution in [2.24, 2.45) is 17.8 Å². The first kappa shape index (κ1) is 15.0. The fraction of sp³-hybridized carbons (Fsp3) is 0.929. The lowest BCUT2D eigenvalue weighted by atomic mass is 9.76. The minimum atomic E-state index is -3.08. The monoisotopic (exact) mass is 287 g/mol. The van der Waals surface area contributed by atoms with Gasteiger partial charge >= 0.3 is 0 Å². The summed E-state index contributed by atoms with van der Waals surface area (Å²) < 4.78 is 24.8. The lowest BCUT2D eigenvalue weighted by Gasteiger charge is -2.34. The van der Waals surface area contributed by atoms with Crippen LogP contribution in [0.25, 0.3) is 0 Å². The summed E-state index contributed by atoms with van der Waals surface area (Å²) >= 11 is 0. The van der Waals surface area contributed by atoms with Crippen LogP contribution >= 0.6 is 0 Å². The van der Waals surface area contributed by atoms with Gasteiger partial charge in [-0.3, -0.25) is 4.79 Å². The second kappa shape index (κ2) is 5.92. The molecule has 3 unspecified atom stereocenters. The molecule has 19 heavy (non-hydrogen) atoms. The Balaban J connectivity index is 1.93. The van der Waals surface area contributed by atoms with Gasteiger partial charge in [-0.1, -0.05) is 6.92 Å². The Bertz CT molecular complexity index is 432. The molecule has 110 valence electrons. The third-order valence-corrected chi connectivity index (χ3v) is 5.86. The van der Waals surface area contributed by atoms with Crippen molar-refractivity contribution < 1.29 is 13.2 Å². The number of Topliss-reactive ketones (excluding diaryl/α,β-unsaturated/α-hetero) is 1. The predicted molar refractivity (Wildman–Crippen MR) is 75.3 cm³/mol. The summed E-state index contributed by atoms with van der Waals surface area (Å²) in [5, 5.41) is 0. The molecule has 2 aliphatic rings. The van der Waals surface area contributed by atoms with Gasteiger partial charge in [0.1, 0.15) is 5.78 Å². The Hall–Kier alpha value is -0.420. The van der Waals surface area contributed by atoms with Crippen molar-refractivity contribution in [2.75, 3.05) is 19.3 Å². The molecule has 0 aromatic heterocycles. The SMILES string of the molecule is CC1CCC(=O)C(CC2CCCN(S(C)(=O)=O)C2)C1. The van der Waals surface area contributed by atoms with Gasteiger partial charge in [0.2, 0.25) is 10.0 Å². The van der Waals surface area contributed by atoms with Crippen molar-refractivity contribution in [1.82, 2.24) is 4.31 Å². The average Bonchev–Trinajstić information content (AvgIpc) is 2.33. The van der Waals surface area contributed by atoms with E-state index in [9.17, 15) is 13.2 Å². The van der Waals surface area contributed by atoms with Gasteiger partial charge in [-0.15, -0.1) is 0 Å². The number of piperidine rings is 1. The van der Waals surface area contributed by atoms with Gasteiger partial charge in [-0.2, -0.15) is 0 Å². The third kappa shape index (κ3) is 4.02. The highest BCUT2D eigenvalue weighted by molar-refractivity contribution is 7.88. The summed E-state index contributed by atoms with van der Waals surface area (Å²) in [7, 11) is -3.08. The largest absolute Gasteiger partial charge is 0.299 e.